The molecule has 3 aromatic rings. The Morgan fingerprint density at radius 1 is 0.673 bits per heavy atom. The quantitative estimate of drug-likeness (QED) is 0.158. The van der Waals surface area contributed by atoms with Crippen LogP contribution in [0, 0.1) is 62.3 Å². The first kappa shape index (κ1) is 41.8. The molecule has 0 aromatic heterocycles. The van der Waals surface area contributed by atoms with Gasteiger partial charge in [0, 0.05) is 6.08 Å². The van der Waals surface area contributed by atoms with E-state index >= 15 is 0 Å². The number of carboxylic acid groups (broad SMARTS) is 1. The number of ketones is 1. The van der Waals surface area contributed by atoms with E-state index in [9.17, 15) is 52.5 Å². The predicted octanol–water partition coefficient (Wildman–Crippen LogP) is 7.02. The van der Waals surface area contributed by atoms with Crippen molar-refractivity contribution in [2.45, 2.75) is 81.0 Å². The molecule has 1 aliphatic carbocycles. The molecular weight excluding hydrogens is 729 g/mol. The number of allylic oxidation sites excluding steroid dienone is 2. The van der Waals surface area contributed by atoms with Crippen LogP contribution in [-0.2, 0) is 20.5 Å². The van der Waals surface area contributed by atoms with Gasteiger partial charge in [0.25, 0.3) is 0 Å². The number of phenols is 1. The molecule has 3 N–H and O–H groups in total. The van der Waals surface area contributed by atoms with Crippen molar-refractivity contribution in [1.29, 1.82) is 0 Å². The van der Waals surface area contributed by atoms with Crippen molar-refractivity contribution in [2.24, 2.45) is 0 Å². The third-order valence-corrected chi connectivity index (χ3v) is 10.2. The fourth-order valence-corrected chi connectivity index (χ4v) is 6.53. The normalized spacial score (nSPS) is 15.6. The monoisotopic (exact) mass is 768 g/mol. The summed E-state index contributed by atoms with van der Waals surface area (Å²) in [6, 6.07) is 1.30. The molecule has 0 amide bonds. The maximum absolute atomic E-state index is 14.6. The topological polar surface area (TPSA) is 183 Å². The summed E-state index contributed by atoms with van der Waals surface area (Å²) in [6.45, 7) is 14.4. The predicted molar refractivity (Wildman–Crippen MR) is 190 cm³/mol. The van der Waals surface area contributed by atoms with E-state index in [1.54, 1.807) is 27.7 Å². The average Bonchev–Trinajstić information content (AvgIpc) is 3.07. The van der Waals surface area contributed by atoms with Crippen LogP contribution < -0.4 is 14.2 Å². The standard InChI is InChI=1S/C40H39F3O12/c1-15-12-26(17(3)18(4)28(15)36(48)54-33-22(8)19(5)29(35(46)47)20(6)23(33)9)53-37(49)30-21(7)24(10)34(31(32(30)45)40(41,42)43)55-38(50)39(51)16(2)13-25(44)14-27(39)52-11/h12-14,45,51H,1-11H3,(H,46,47)/t39-/m1/s1. The highest BCUT2D eigenvalue weighted by Crippen LogP contribution is 2.48. The van der Waals surface area contributed by atoms with E-state index < -0.39 is 75.4 Å². The van der Waals surface area contributed by atoms with Gasteiger partial charge in [-0.15, -0.1) is 0 Å². The number of carbonyl (C=O) groups excluding carboxylic acids is 4. The first-order valence-corrected chi connectivity index (χ1v) is 16.6. The second-order valence-corrected chi connectivity index (χ2v) is 13.3. The molecule has 3 aromatic carbocycles. The minimum Gasteiger partial charge on any atom is -0.506 e. The minimum absolute atomic E-state index is 0.0923. The van der Waals surface area contributed by atoms with Crippen molar-refractivity contribution < 1.29 is 71.4 Å². The summed E-state index contributed by atoms with van der Waals surface area (Å²) in [5, 5.41) is 31.9. The maximum Gasteiger partial charge on any atom is 0.423 e. The van der Waals surface area contributed by atoms with Crippen LogP contribution in [-0.4, -0.2) is 57.7 Å². The zero-order chi connectivity index (χ0) is 41.8. The fourth-order valence-electron chi connectivity index (χ4n) is 6.53. The largest absolute Gasteiger partial charge is 0.506 e. The Kier molecular flexibility index (Phi) is 11.2. The Bertz CT molecular complexity index is 2270. The lowest BCUT2D eigenvalue weighted by Crippen LogP contribution is -2.47. The number of aryl methyl sites for hydroxylation is 1. The van der Waals surface area contributed by atoms with E-state index in [4.69, 9.17) is 18.9 Å². The number of carboxylic acids is 1. The number of alkyl halides is 3. The molecule has 1 aliphatic rings. The second-order valence-electron chi connectivity index (χ2n) is 13.3. The Balaban J connectivity index is 1.75. The van der Waals surface area contributed by atoms with Crippen molar-refractivity contribution in [3.05, 3.63) is 102 Å². The minimum atomic E-state index is -5.42. The first-order chi connectivity index (χ1) is 25.3. The van der Waals surface area contributed by atoms with Gasteiger partial charge in [0.15, 0.2) is 5.78 Å². The molecule has 12 nitrogen and oxygen atoms in total. The molecule has 0 saturated heterocycles. The number of aliphatic hydroxyl groups is 1. The van der Waals surface area contributed by atoms with Crippen LogP contribution in [0.25, 0.3) is 0 Å². The van der Waals surface area contributed by atoms with Gasteiger partial charge >= 0.3 is 30.1 Å². The summed E-state index contributed by atoms with van der Waals surface area (Å²) in [5.74, 6) is -9.10. The van der Waals surface area contributed by atoms with Gasteiger partial charge in [-0.1, -0.05) is 0 Å². The van der Waals surface area contributed by atoms with E-state index in [0.717, 1.165) is 33.1 Å². The number of hydrogen-bond donors (Lipinski definition) is 3. The summed E-state index contributed by atoms with van der Waals surface area (Å²) in [4.78, 5) is 64.4. The van der Waals surface area contributed by atoms with Gasteiger partial charge in [-0.25, -0.2) is 19.2 Å². The van der Waals surface area contributed by atoms with Crippen LogP contribution in [0.5, 0.6) is 23.0 Å². The number of aromatic hydroxyl groups is 1. The Morgan fingerprint density at radius 2 is 1.16 bits per heavy atom. The number of rotatable bonds is 8. The first-order valence-electron chi connectivity index (χ1n) is 16.6. The number of benzene rings is 3. The highest BCUT2D eigenvalue weighted by molar-refractivity contribution is 6.06. The highest BCUT2D eigenvalue weighted by Gasteiger charge is 2.50. The molecule has 0 bridgehead atoms. The van der Waals surface area contributed by atoms with Gasteiger partial charge in [-0.05, 0) is 137 Å². The van der Waals surface area contributed by atoms with E-state index in [1.165, 1.54) is 33.8 Å². The SMILES string of the molecule is COC1=CC(=O)C=C(C)[C@]1(O)C(=O)Oc1c(C)c(C)c(C(=O)Oc2cc(C)c(C(=O)Oc3c(C)c(C)c(C(=O)O)c(C)c3C)c(C)c2C)c(O)c1C(F)(F)F. The van der Waals surface area contributed by atoms with Gasteiger partial charge in [0.05, 0.1) is 18.2 Å². The van der Waals surface area contributed by atoms with Crippen LogP contribution >= 0.6 is 0 Å². The smallest absolute Gasteiger partial charge is 0.423 e. The molecule has 0 aliphatic heterocycles. The number of phenolic OH excluding ortho intramolecular Hbond substituents is 1. The molecule has 4 rings (SSSR count). The van der Waals surface area contributed by atoms with E-state index in [0.29, 0.717) is 27.8 Å². The van der Waals surface area contributed by atoms with Crippen LogP contribution in [0.2, 0.25) is 0 Å². The number of ether oxygens (including phenoxy) is 4. The van der Waals surface area contributed by atoms with Crippen LogP contribution in [0.4, 0.5) is 13.2 Å². The van der Waals surface area contributed by atoms with Gasteiger partial charge < -0.3 is 34.3 Å². The number of methoxy groups -OCH3 is 1. The average molecular weight is 769 g/mol. The van der Waals surface area contributed by atoms with E-state index in [1.807, 2.05) is 0 Å². The lowest BCUT2D eigenvalue weighted by atomic mass is 9.87. The summed E-state index contributed by atoms with van der Waals surface area (Å²) >= 11 is 0. The zero-order valence-corrected chi connectivity index (χ0v) is 31.9. The molecule has 15 heteroatoms. The molecule has 0 radical (unpaired) electrons. The zero-order valence-electron chi connectivity index (χ0n) is 31.9. The summed E-state index contributed by atoms with van der Waals surface area (Å²) in [7, 11) is 1.02. The number of halogens is 3. The Labute approximate surface area is 313 Å². The van der Waals surface area contributed by atoms with Gasteiger partial charge in [0.1, 0.15) is 39.9 Å². The molecule has 0 unspecified atom stereocenters. The molecule has 0 fully saturated rings. The van der Waals surface area contributed by atoms with Gasteiger partial charge in [-0.2, -0.15) is 13.2 Å². The highest BCUT2D eigenvalue weighted by atomic mass is 19.4. The molecule has 55 heavy (non-hydrogen) atoms. The van der Waals surface area contributed by atoms with Crippen molar-refractivity contribution in [1.82, 2.24) is 0 Å². The molecule has 292 valence electrons. The van der Waals surface area contributed by atoms with Crippen molar-refractivity contribution in [3.8, 4) is 23.0 Å². The van der Waals surface area contributed by atoms with Crippen molar-refractivity contribution >= 4 is 29.7 Å². The third kappa shape index (κ3) is 7.07. The molecule has 0 saturated carbocycles. The van der Waals surface area contributed by atoms with Crippen LogP contribution in [0.1, 0.15) is 93.6 Å². The fraction of sp³-hybridized carbons (Fsp3) is 0.325. The third-order valence-electron chi connectivity index (χ3n) is 10.2. The summed E-state index contributed by atoms with van der Waals surface area (Å²) in [6.07, 6.45) is -3.79. The van der Waals surface area contributed by atoms with Crippen molar-refractivity contribution in [2.75, 3.05) is 7.11 Å². The van der Waals surface area contributed by atoms with E-state index in [-0.39, 0.29) is 44.9 Å². The number of aromatic carboxylic acids is 1. The van der Waals surface area contributed by atoms with Crippen LogP contribution in [0.3, 0.4) is 0 Å². The molecular formula is C40H39F3O12. The number of hydrogen-bond acceptors (Lipinski definition) is 11. The number of esters is 3. The maximum atomic E-state index is 14.6. The van der Waals surface area contributed by atoms with Gasteiger partial charge in [0.2, 0.25) is 5.60 Å². The second kappa shape index (κ2) is 14.7. The molecule has 1 atom stereocenters. The molecule has 0 spiro atoms. The van der Waals surface area contributed by atoms with Crippen LogP contribution in [0.15, 0.2) is 29.6 Å². The Hall–Kier alpha value is -5.96. The summed E-state index contributed by atoms with van der Waals surface area (Å²) < 4.78 is 65.3. The lowest BCUT2D eigenvalue weighted by molar-refractivity contribution is -0.153. The number of carbonyl (C=O) groups is 5. The van der Waals surface area contributed by atoms with E-state index in [2.05, 4.69) is 0 Å². The molecule has 0 heterocycles. The Morgan fingerprint density at radius 3 is 1.67 bits per heavy atom. The van der Waals surface area contributed by atoms with Gasteiger partial charge in [-0.3, -0.25) is 4.79 Å². The lowest BCUT2D eigenvalue weighted by Gasteiger charge is -2.31. The van der Waals surface area contributed by atoms with Crippen molar-refractivity contribution in [3.63, 3.8) is 0 Å². The summed E-state index contributed by atoms with van der Waals surface area (Å²) in [5.41, 5.74) is -3.90.